The van der Waals surface area contributed by atoms with Gasteiger partial charge < -0.3 is 10.2 Å². The van der Waals surface area contributed by atoms with Crippen LogP contribution >= 0.6 is 11.8 Å². The Morgan fingerprint density at radius 3 is 2.83 bits per heavy atom. The number of rotatable bonds is 0. The molecule has 0 amide bonds. The van der Waals surface area contributed by atoms with Crippen LogP contribution in [0, 0.1) is 0 Å². The van der Waals surface area contributed by atoms with E-state index in [1.54, 1.807) is 12.1 Å². The van der Waals surface area contributed by atoms with Crippen molar-refractivity contribution in [3.8, 4) is 5.75 Å². The van der Waals surface area contributed by atoms with Crippen LogP contribution in [0.15, 0.2) is 23.1 Å². The van der Waals surface area contributed by atoms with Gasteiger partial charge in [0.1, 0.15) is 5.75 Å². The maximum atomic E-state index is 11.2. The zero-order valence-corrected chi connectivity index (χ0v) is 6.84. The first kappa shape index (κ1) is 7.64. The lowest BCUT2D eigenvalue weighted by molar-refractivity contribution is 0.0872. The van der Waals surface area contributed by atoms with Crippen molar-refractivity contribution in [1.82, 2.24) is 0 Å². The fraction of sp³-hybridized carbons (Fsp3) is 0.125. The van der Waals surface area contributed by atoms with Crippen LogP contribution in [0.3, 0.4) is 0 Å². The normalized spacial score (nSPS) is 21.1. The van der Waals surface area contributed by atoms with Gasteiger partial charge in [-0.2, -0.15) is 0 Å². The van der Waals surface area contributed by atoms with E-state index in [0.717, 1.165) is 11.8 Å². The zero-order valence-electron chi connectivity index (χ0n) is 6.02. The fourth-order valence-electron chi connectivity index (χ4n) is 1.16. The Morgan fingerprint density at radius 2 is 2.17 bits per heavy atom. The molecule has 0 fully saturated rings. The molecule has 3 nitrogen and oxygen atoms in total. The number of hydrogen-bond acceptors (Lipinski definition) is 4. The third-order valence-electron chi connectivity index (χ3n) is 1.71. The quantitative estimate of drug-likeness (QED) is 0.628. The van der Waals surface area contributed by atoms with E-state index in [9.17, 15) is 9.90 Å². The number of hydrogen-bond donors (Lipinski definition) is 2. The first-order valence-electron chi connectivity index (χ1n) is 3.41. The molecule has 0 aromatic heterocycles. The zero-order chi connectivity index (χ0) is 8.72. The molecule has 1 aliphatic heterocycles. The Labute approximate surface area is 73.0 Å². The van der Waals surface area contributed by atoms with E-state index in [0.29, 0.717) is 4.90 Å². The second-order valence-corrected chi connectivity index (χ2v) is 3.61. The van der Waals surface area contributed by atoms with Crippen LogP contribution in [0.5, 0.6) is 5.75 Å². The maximum absolute atomic E-state index is 11.2. The van der Waals surface area contributed by atoms with E-state index in [-0.39, 0.29) is 11.3 Å². The Kier molecular flexibility index (Phi) is 1.59. The van der Waals surface area contributed by atoms with Gasteiger partial charge in [-0.3, -0.25) is 4.79 Å². The van der Waals surface area contributed by atoms with Crippen LogP contribution in [0.4, 0.5) is 0 Å². The van der Waals surface area contributed by atoms with Crippen molar-refractivity contribution in [2.24, 2.45) is 0 Å². The predicted octanol–water partition coefficient (Wildman–Crippen LogP) is 0.999. The van der Waals surface area contributed by atoms with Crippen molar-refractivity contribution in [2.75, 3.05) is 0 Å². The number of aromatic hydroxyl groups is 1. The van der Waals surface area contributed by atoms with Gasteiger partial charge in [0, 0.05) is 4.90 Å². The molecule has 1 aromatic rings. The molecule has 1 heterocycles. The number of thioether (sulfide) groups is 1. The molecule has 4 heteroatoms. The molecule has 1 atom stereocenters. The molecular weight excluding hydrogens is 176 g/mol. The van der Waals surface area contributed by atoms with E-state index in [1.807, 2.05) is 0 Å². The van der Waals surface area contributed by atoms with Crippen LogP contribution in [0.25, 0.3) is 0 Å². The highest BCUT2D eigenvalue weighted by Gasteiger charge is 2.31. The van der Waals surface area contributed by atoms with E-state index < -0.39 is 11.2 Å². The second-order valence-electron chi connectivity index (χ2n) is 2.48. The molecule has 0 saturated heterocycles. The van der Waals surface area contributed by atoms with E-state index in [1.165, 1.54) is 6.07 Å². The Morgan fingerprint density at radius 1 is 1.42 bits per heavy atom. The van der Waals surface area contributed by atoms with Gasteiger partial charge >= 0.3 is 0 Å². The van der Waals surface area contributed by atoms with Gasteiger partial charge in [0.2, 0.25) is 5.78 Å². The van der Waals surface area contributed by atoms with E-state index in [4.69, 9.17) is 5.11 Å². The van der Waals surface area contributed by atoms with Crippen LogP contribution in [0.2, 0.25) is 0 Å². The van der Waals surface area contributed by atoms with Crippen molar-refractivity contribution < 1.29 is 15.0 Å². The summed E-state index contributed by atoms with van der Waals surface area (Å²) in [7, 11) is 0. The SMILES string of the molecule is O=C1c2c(O)cccc2SC1O. The van der Waals surface area contributed by atoms with Gasteiger partial charge in [-0.1, -0.05) is 17.8 Å². The number of carbonyl (C=O) groups is 1. The molecule has 0 saturated carbocycles. The first-order valence-corrected chi connectivity index (χ1v) is 4.29. The van der Waals surface area contributed by atoms with Crippen LogP contribution < -0.4 is 0 Å². The molecule has 0 aliphatic carbocycles. The summed E-state index contributed by atoms with van der Waals surface area (Å²) in [6.45, 7) is 0. The van der Waals surface area contributed by atoms with Crippen molar-refractivity contribution in [1.29, 1.82) is 0 Å². The molecule has 0 spiro atoms. The monoisotopic (exact) mass is 182 g/mol. The average molecular weight is 182 g/mol. The van der Waals surface area contributed by atoms with Gasteiger partial charge in [-0.05, 0) is 12.1 Å². The summed E-state index contributed by atoms with van der Waals surface area (Å²) in [5.74, 6) is -0.463. The summed E-state index contributed by atoms with van der Waals surface area (Å²) >= 11 is 1.06. The number of fused-ring (bicyclic) bond motifs is 1. The highest BCUT2D eigenvalue weighted by Crippen LogP contribution is 2.39. The molecule has 62 valence electrons. The number of Topliss-reactive ketones (excluding diaryl/α,β-unsaturated/α-hetero) is 1. The summed E-state index contributed by atoms with van der Waals surface area (Å²) < 4.78 is 0. The summed E-state index contributed by atoms with van der Waals surface area (Å²) in [6, 6.07) is 4.79. The van der Waals surface area contributed by atoms with Crippen LogP contribution in [-0.2, 0) is 0 Å². The number of phenolic OH excluding ortho intramolecular Hbond substituents is 1. The van der Waals surface area contributed by atoms with Gasteiger partial charge in [-0.15, -0.1) is 0 Å². The molecule has 1 unspecified atom stereocenters. The van der Waals surface area contributed by atoms with Crippen LogP contribution in [-0.4, -0.2) is 21.4 Å². The molecular formula is C8H6O3S. The van der Waals surface area contributed by atoms with Crippen LogP contribution in [0.1, 0.15) is 10.4 Å². The Hall–Kier alpha value is -1.00. The Bertz CT molecular complexity index is 348. The highest BCUT2D eigenvalue weighted by molar-refractivity contribution is 8.01. The molecule has 0 radical (unpaired) electrons. The number of aliphatic hydroxyl groups excluding tert-OH is 1. The minimum atomic E-state index is -1.05. The molecule has 1 aliphatic rings. The summed E-state index contributed by atoms with van der Waals surface area (Å²) in [6.07, 6.45) is 0. The van der Waals surface area contributed by atoms with Crippen molar-refractivity contribution in [3.05, 3.63) is 23.8 Å². The van der Waals surface area contributed by atoms with Gasteiger partial charge in [0.25, 0.3) is 0 Å². The largest absolute Gasteiger partial charge is 0.507 e. The van der Waals surface area contributed by atoms with Gasteiger partial charge in [0.05, 0.1) is 5.56 Å². The van der Waals surface area contributed by atoms with Crippen molar-refractivity contribution >= 4 is 17.5 Å². The fourth-order valence-corrected chi connectivity index (χ4v) is 2.11. The number of phenols is 1. The lowest BCUT2D eigenvalue weighted by atomic mass is 10.1. The first-order chi connectivity index (χ1) is 5.70. The third kappa shape index (κ3) is 0.922. The second kappa shape index (κ2) is 2.50. The summed E-state index contributed by atoms with van der Waals surface area (Å²) in [5, 5.41) is 18.4. The highest BCUT2D eigenvalue weighted by atomic mass is 32.2. The van der Waals surface area contributed by atoms with Gasteiger partial charge in [0.15, 0.2) is 5.44 Å². The number of aliphatic hydroxyl groups is 1. The molecule has 12 heavy (non-hydrogen) atoms. The predicted molar refractivity (Wildman–Crippen MR) is 44.3 cm³/mol. The minimum absolute atomic E-state index is 0.0541. The van der Waals surface area contributed by atoms with Gasteiger partial charge in [-0.25, -0.2) is 0 Å². The van der Waals surface area contributed by atoms with Crippen molar-refractivity contribution in [3.63, 3.8) is 0 Å². The lowest BCUT2D eigenvalue weighted by Gasteiger charge is -1.97. The molecule has 0 bridgehead atoms. The Balaban J connectivity index is 2.62. The smallest absolute Gasteiger partial charge is 0.206 e. The number of carbonyl (C=O) groups excluding carboxylic acids is 1. The molecule has 1 aromatic carbocycles. The minimum Gasteiger partial charge on any atom is -0.507 e. The molecule has 2 rings (SSSR count). The maximum Gasteiger partial charge on any atom is 0.206 e. The van der Waals surface area contributed by atoms with Crippen molar-refractivity contribution in [2.45, 2.75) is 10.3 Å². The van der Waals surface area contributed by atoms with E-state index >= 15 is 0 Å². The molecule has 2 N–H and O–H groups in total. The van der Waals surface area contributed by atoms with E-state index in [2.05, 4.69) is 0 Å². The summed E-state index contributed by atoms with van der Waals surface area (Å²) in [4.78, 5) is 11.8. The lowest BCUT2D eigenvalue weighted by Crippen LogP contribution is -2.09. The number of ketones is 1. The number of benzene rings is 1. The third-order valence-corrected chi connectivity index (χ3v) is 2.75. The topological polar surface area (TPSA) is 57.5 Å². The standard InChI is InChI=1S/C8H6O3S/c9-4-2-1-3-5-6(4)7(10)8(11)12-5/h1-3,8-9,11H. The average Bonchev–Trinajstić information content (AvgIpc) is 2.29. The summed E-state index contributed by atoms with van der Waals surface area (Å²) in [5.41, 5.74) is -0.802.